The highest BCUT2D eigenvalue weighted by Gasteiger charge is 2.18. The number of amides is 2. The largest absolute Gasteiger partial charge is 0.349 e. The number of rotatable bonds is 9. The van der Waals surface area contributed by atoms with Crippen molar-refractivity contribution in [1.29, 1.82) is 0 Å². The van der Waals surface area contributed by atoms with Crippen LogP contribution in [0.25, 0.3) is 0 Å². The fraction of sp³-hybridized carbons (Fsp3) is 0.310. The molecule has 1 atom stereocenters. The minimum Gasteiger partial charge on any atom is -0.349 e. The van der Waals surface area contributed by atoms with Crippen molar-refractivity contribution >= 4 is 17.5 Å². The third-order valence-electron chi connectivity index (χ3n) is 5.76. The first-order valence-electron chi connectivity index (χ1n) is 11.6. The van der Waals surface area contributed by atoms with Gasteiger partial charge in [-0.05, 0) is 54.2 Å². The molecule has 4 heteroatoms. The van der Waals surface area contributed by atoms with Crippen LogP contribution in [-0.4, -0.2) is 11.8 Å². The van der Waals surface area contributed by atoms with E-state index in [1.54, 1.807) is 0 Å². The van der Waals surface area contributed by atoms with Gasteiger partial charge in [0, 0.05) is 12.1 Å². The number of anilines is 1. The Labute approximate surface area is 197 Å². The highest BCUT2D eigenvalue weighted by atomic mass is 16.2. The van der Waals surface area contributed by atoms with E-state index >= 15 is 0 Å². The molecule has 0 aliphatic rings. The molecular formula is C29H34N2O2. The Morgan fingerprint density at radius 3 is 2.12 bits per heavy atom. The maximum atomic E-state index is 13.1. The van der Waals surface area contributed by atoms with Gasteiger partial charge < -0.3 is 10.2 Å². The number of hydrogen-bond acceptors (Lipinski definition) is 2. The first-order chi connectivity index (χ1) is 15.8. The van der Waals surface area contributed by atoms with Crippen molar-refractivity contribution in [2.24, 2.45) is 5.92 Å². The molecule has 0 fully saturated rings. The molecule has 3 aromatic carbocycles. The van der Waals surface area contributed by atoms with Crippen LogP contribution in [0.4, 0.5) is 5.69 Å². The van der Waals surface area contributed by atoms with Crippen molar-refractivity contribution in [1.82, 2.24) is 5.32 Å². The minimum absolute atomic E-state index is 0.0215. The molecule has 2 amide bonds. The zero-order valence-corrected chi connectivity index (χ0v) is 20.0. The number of benzene rings is 3. The first kappa shape index (κ1) is 24.2. The molecule has 0 heterocycles. The molecule has 3 rings (SSSR count). The fourth-order valence-electron chi connectivity index (χ4n) is 3.84. The second kappa shape index (κ2) is 11.5. The summed E-state index contributed by atoms with van der Waals surface area (Å²) in [6.45, 7) is 8.70. The van der Waals surface area contributed by atoms with E-state index in [2.05, 4.69) is 38.2 Å². The van der Waals surface area contributed by atoms with E-state index in [1.807, 2.05) is 78.6 Å². The van der Waals surface area contributed by atoms with Gasteiger partial charge in [0.1, 0.15) is 0 Å². The lowest BCUT2D eigenvalue weighted by Gasteiger charge is -2.25. The topological polar surface area (TPSA) is 49.4 Å². The van der Waals surface area contributed by atoms with E-state index in [1.165, 1.54) is 5.56 Å². The molecule has 0 radical (unpaired) electrons. The molecule has 0 unspecified atom stereocenters. The van der Waals surface area contributed by atoms with Gasteiger partial charge in [0.15, 0.2) is 0 Å². The van der Waals surface area contributed by atoms with E-state index in [9.17, 15) is 9.59 Å². The smallest absolute Gasteiger partial charge is 0.227 e. The summed E-state index contributed by atoms with van der Waals surface area (Å²) in [5.41, 5.74) is 5.15. The highest BCUT2D eigenvalue weighted by molar-refractivity contribution is 5.93. The average Bonchev–Trinajstić information content (AvgIpc) is 2.79. The molecule has 0 aliphatic heterocycles. The molecule has 0 saturated carbocycles. The Hall–Kier alpha value is -3.40. The molecule has 0 spiro atoms. The maximum Gasteiger partial charge on any atom is 0.227 e. The van der Waals surface area contributed by atoms with Gasteiger partial charge in [0.2, 0.25) is 11.8 Å². The highest BCUT2D eigenvalue weighted by Crippen LogP contribution is 2.22. The van der Waals surface area contributed by atoms with E-state index in [-0.39, 0.29) is 23.8 Å². The SMILES string of the molecule is Cc1ccccc1CN(C(=O)CC(C)C)c1ccc(CC(=O)N[C@@H](C)c2ccccc2)cc1. The minimum atomic E-state index is -0.0452. The van der Waals surface area contributed by atoms with Crippen LogP contribution in [0.5, 0.6) is 0 Å². The van der Waals surface area contributed by atoms with Gasteiger partial charge >= 0.3 is 0 Å². The van der Waals surface area contributed by atoms with Crippen molar-refractivity contribution in [3.63, 3.8) is 0 Å². The fourth-order valence-corrected chi connectivity index (χ4v) is 3.84. The summed E-state index contributed by atoms with van der Waals surface area (Å²) in [5.74, 6) is 0.369. The van der Waals surface area contributed by atoms with Crippen LogP contribution >= 0.6 is 0 Å². The maximum absolute atomic E-state index is 13.1. The molecule has 0 saturated heterocycles. The van der Waals surface area contributed by atoms with Gasteiger partial charge in [-0.2, -0.15) is 0 Å². The molecule has 0 aliphatic carbocycles. The average molecular weight is 443 g/mol. The summed E-state index contributed by atoms with van der Waals surface area (Å²) in [7, 11) is 0. The van der Waals surface area contributed by atoms with Crippen LogP contribution in [0.3, 0.4) is 0 Å². The van der Waals surface area contributed by atoms with Gasteiger partial charge in [0.25, 0.3) is 0 Å². The summed E-state index contributed by atoms with van der Waals surface area (Å²) in [6.07, 6.45) is 0.794. The predicted molar refractivity (Wildman–Crippen MR) is 135 cm³/mol. The lowest BCUT2D eigenvalue weighted by Crippen LogP contribution is -2.31. The van der Waals surface area contributed by atoms with Crippen molar-refractivity contribution in [3.05, 3.63) is 101 Å². The number of nitrogens with zero attached hydrogens (tertiary/aromatic N) is 1. The lowest BCUT2D eigenvalue weighted by molar-refractivity contribution is -0.121. The van der Waals surface area contributed by atoms with E-state index in [0.717, 1.165) is 22.4 Å². The summed E-state index contributed by atoms with van der Waals surface area (Å²) in [6, 6.07) is 25.8. The standard InChI is InChI=1S/C29H34N2O2/c1-21(2)18-29(33)31(20-26-13-9-8-10-22(26)3)27-16-14-24(15-17-27)19-28(32)30-23(4)25-11-6-5-7-12-25/h5-17,21,23H,18-20H2,1-4H3,(H,30,32)/t23-/m0/s1. The van der Waals surface area contributed by atoms with Crippen molar-refractivity contribution < 1.29 is 9.59 Å². The molecule has 0 aromatic heterocycles. The third kappa shape index (κ3) is 7.04. The third-order valence-corrected chi connectivity index (χ3v) is 5.76. The van der Waals surface area contributed by atoms with Crippen LogP contribution in [0.1, 0.15) is 55.5 Å². The van der Waals surface area contributed by atoms with E-state index in [0.29, 0.717) is 19.4 Å². The van der Waals surface area contributed by atoms with Gasteiger partial charge in [-0.25, -0.2) is 0 Å². The first-order valence-corrected chi connectivity index (χ1v) is 11.6. The molecular weight excluding hydrogens is 408 g/mol. The Bertz CT molecular complexity index is 1060. The van der Waals surface area contributed by atoms with Gasteiger partial charge in [-0.1, -0.05) is 80.6 Å². The Morgan fingerprint density at radius 2 is 1.48 bits per heavy atom. The van der Waals surface area contributed by atoms with Crippen LogP contribution < -0.4 is 10.2 Å². The van der Waals surface area contributed by atoms with Crippen molar-refractivity contribution in [2.45, 2.75) is 53.1 Å². The van der Waals surface area contributed by atoms with Gasteiger partial charge in [-0.15, -0.1) is 0 Å². The number of aryl methyl sites for hydroxylation is 1. The monoisotopic (exact) mass is 442 g/mol. The molecule has 3 aromatic rings. The normalized spacial score (nSPS) is 11.8. The van der Waals surface area contributed by atoms with Crippen LogP contribution in [-0.2, 0) is 22.6 Å². The zero-order valence-electron chi connectivity index (χ0n) is 20.0. The summed E-state index contributed by atoms with van der Waals surface area (Å²) in [5, 5.41) is 3.06. The summed E-state index contributed by atoms with van der Waals surface area (Å²) in [4.78, 5) is 27.4. The van der Waals surface area contributed by atoms with Gasteiger partial charge in [0.05, 0.1) is 19.0 Å². The molecule has 0 bridgehead atoms. The van der Waals surface area contributed by atoms with Gasteiger partial charge in [-0.3, -0.25) is 9.59 Å². The summed E-state index contributed by atoms with van der Waals surface area (Å²) >= 11 is 0. The predicted octanol–water partition coefficient (Wildman–Crippen LogP) is 5.99. The molecule has 1 N–H and O–H groups in total. The van der Waals surface area contributed by atoms with Crippen LogP contribution in [0.15, 0.2) is 78.9 Å². The molecule has 172 valence electrons. The molecule has 4 nitrogen and oxygen atoms in total. The second-order valence-electron chi connectivity index (χ2n) is 9.05. The lowest BCUT2D eigenvalue weighted by atomic mass is 10.0. The Balaban J connectivity index is 1.70. The van der Waals surface area contributed by atoms with E-state index < -0.39 is 0 Å². The zero-order chi connectivity index (χ0) is 23.8. The summed E-state index contributed by atoms with van der Waals surface area (Å²) < 4.78 is 0. The number of carbonyl (C=O) groups is 2. The number of hydrogen-bond donors (Lipinski definition) is 1. The quantitative estimate of drug-likeness (QED) is 0.442. The Morgan fingerprint density at radius 1 is 0.848 bits per heavy atom. The number of carbonyl (C=O) groups excluding carboxylic acids is 2. The Kier molecular flexibility index (Phi) is 8.42. The molecule has 33 heavy (non-hydrogen) atoms. The number of nitrogens with one attached hydrogen (secondary N) is 1. The van der Waals surface area contributed by atoms with Crippen molar-refractivity contribution in [3.8, 4) is 0 Å². The van der Waals surface area contributed by atoms with Crippen LogP contribution in [0, 0.1) is 12.8 Å². The van der Waals surface area contributed by atoms with E-state index in [4.69, 9.17) is 0 Å². The second-order valence-corrected chi connectivity index (χ2v) is 9.05. The van der Waals surface area contributed by atoms with Crippen molar-refractivity contribution in [2.75, 3.05) is 4.90 Å². The van der Waals surface area contributed by atoms with Crippen LogP contribution in [0.2, 0.25) is 0 Å².